The molecule has 0 aliphatic carbocycles. The third-order valence-corrected chi connectivity index (χ3v) is 6.34. The van der Waals surface area contributed by atoms with E-state index < -0.39 is 6.04 Å². The van der Waals surface area contributed by atoms with Crippen LogP contribution in [0.2, 0.25) is 0 Å². The van der Waals surface area contributed by atoms with E-state index in [1.807, 2.05) is 18.7 Å². The van der Waals surface area contributed by atoms with Gasteiger partial charge in [0, 0.05) is 30.9 Å². The van der Waals surface area contributed by atoms with Crippen LogP contribution in [0.1, 0.15) is 37.0 Å². The molecule has 1 heterocycles. The number of amides is 2. The predicted octanol–water partition coefficient (Wildman–Crippen LogP) is 3.81. The summed E-state index contributed by atoms with van der Waals surface area (Å²) in [5.41, 5.74) is 1.16. The van der Waals surface area contributed by atoms with Crippen LogP contribution < -0.4 is 20.7 Å². The van der Waals surface area contributed by atoms with E-state index in [0.29, 0.717) is 54.8 Å². The highest BCUT2D eigenvalue weighted by Gasteiger charge is 2.33. The molecule has 1 aliphatic heterocycles. The lowest BCUT2D eigenvalue weighted by Crippen LogP contribution is -2.54. The number of rotatable bonds is 8. The first-order valence-corrected chi connectivity index (χ1v) is 12.2. The van der Waals surface area contributed by atoms with Crippen molar-refractivity contribution in [2.24, 2.45) is 11.8 Å². The van der Waals surface area contributed by atoms with Crippen molar-refractivity contribution in [3.05, 3.63) is 59.9 Å². The number of likely N-dealkylation sites (tertiary alicyclic amines) is 1. The SMILES string of the molecule is COc1cccc(C(=O)NC(C(=O)NCC(C)C)C2CCN(C(=S)Nc3ccc(F)cc3)CC2)c1. The standard InChI is InChI=1S/C26H33FN4O3S/c1-17(2)16-28-25(33)23(30-24(32)19-5-4-6-22(15-19)34-3)18-11-13-31(14-12-18)26(35)29-21-9-7-20(27)8-10-21/h4-10,15,17-18,23H,11-14,16H2,1-3H3,(H,28,33)(H,29,35)(H,30,32). The summed E-state index contributed by atoms with van der Waals surface area (Å²) >= 11 is 5.53. The van der Waals surface area contributed by atoms with Gasteiger partial charge in [0.1, 0.15) is 17.6 Å². The second-order valence-electron chi connectivity index (χ2n) is 9.08. The molecule has 1 aliphatic rings. The maximum Gasteiger partial charge on any atom is 0.252 e. The maximum atomic E-state index is 13.2. The highest BCUT2D eigenvalue weighted by Crippen LogP contribution is 2.23. The van der Waals surface area contributed by atoms with Gasteiger partial charge in [0.05, 0.1) is 7.11 Å². The number of anilines is 1. The molecule has 0 saturated carbocycles. The largest absolute Gasteiger partial charge is 0.497 e. The molecule has 1 atom stereocenters. The normalized spacial score (nSPS) is 14.8. The zero-order valence-corrected chi connectivity index (χ0v) is 21.2. The van der Waals surface area contributed by atoms with E-state index in [-0.39, 0.29) is 23.5 Å². The summed E-state index contributed by atoms with van der Waals surface area (Å²) in [5.74, 6) is 0.0333. The van der Waals surface area contributed by atoms with Gasteiger partial charge >= 0.3 is 0 Å². The minimum absolute atomic E-state index is 0.0402. The summed E-state index contributed by atoms with van der Waals surface area (Å²) in [6.45, 7) is 5.87. The molecular weight excluding hydrogens is 467 g/mol. The Balaban J connectivity index is 1.65. The zero-order valence-electron chi connectivity index (χ0n) is 20.3. The number of hydrogen-bond donors (Lipinski definition) is 3. The molecule has 0 bridgehead atoms. The van der Waals surface area contributed by atoms with Crippen LogP contribution in [0, 0.1) is 17.7 Å². The van der Waals surface area contributed by atoms with Crippen LogP contribution >= 0.6 is 12.2 Å². The number of halogens is 1. The molecule has 1 saturated heterocycles. The minimum Gasteiger partial charge on any atom is -0.497 e. The highest BCUT2D eigenvalue weighted by atomic mass is 32.1. The number of piperidine rings is 1. The van der Waals surface area contributed by atoms with Gasteiger partial charge in [-0.05, 0) is 79.4 Å². The number of nitrogens with zero attached hydrogens (tertiary/aromatic N) is 1. The summed E-state index contributed by atoms with van der Waals surface area (Å²) in [4.78, 5) is 28.1. The first-order valence-electron chi connectivity index (χ1n) is 11.8. The fourth-order valence-electron chi connectivity index (χ4n) is 3.97. The molecule has 2 amide bonds. The van der Waals surface area contributed by atoms with Gasteiger partial charge in [-0.1, -0.05) is 19.9 Å². The van der Waals surface area contributed by atoms with Gasteiger partial charge in [-0.2, -0.15) is 0 Å². The first kappa shape index (κ1) is 26.4. The average Bonchev–Trinajstić information content (AvgIpc) is 2.87. The number of carbonyl (C=O) groups is 2. The van der Waals surface area contributed by atoms with E-state index in [9.17, 15) is 14.0 Å². The van der Waals surface area contributed by atoms with Crippen molar-refractivity contribution < 1.29 is 18.7 Å². The van der Waals surface area contributed by atoms with Crippen molar-refractivity contribution in [1.29, 1.82) is 0 Å². The van der Waals surface area contributed by atoms with E-state index in [4.69, 9.17) is 17.0 Å². The Labute approximate surface area is 211 Å². The number of ether oxygens (including phenoxy) is 1. The first-order chi connectivity index (χ1) is 16.8. The molecular formula is C26H33FN4O3S. The number of methoxy groups -OCH3 is 1. The van der Waals surface area contributed by atoms with Crippen LogP contribution in [-0.2, 0) is 4.79 Å². The molecule has 0 aromatic heterocycles. The Kier molecular flexibility index (Phi) is 9.42. The molecule has 9 heteroatoms. The highest BCUT2D eigenvalue weighted by molar-refractivity contribution is 7.80. The molecule has 3 rings (SSSR count). The van der Waals surface area contributed by atoms with E-state index >= 15 is 0 Å². The molecule has 1 fully saturated rings. The molecule has 3 N–H and O–H groups in total. The summed E-state index contributed by atoms with van der Waals surface area (Å²) in [6, 6.07) is 12.2. The van der Waals surface area contributed by atoms with E-state index in [1.54, 1.807) is 43.5 Å². The van der Waals surface area contributed by atoms with Gasteiger partial charge in [-0.15, -0.1) is 0 Å². The third kappa shape index (κ3) is 7.65. The number of hydrogen-bond acceptors (Lipinski definition) is 4. The van der Waals surface area contributed by atoms with E-state index in [0.717, 1.165) is 5.69 Å². The molecule has 0 radical (unpaired) electrons. The molecule has 188 valence electrons. The van der Waals surface area contributed by atoms with E-state index in [2.05, 4.69) is 16.0 Å². The molecule has 0 spiro atoms. The Bertz CT molecular complexity index is 1020. The second kappa shape index (κ2) is 12.5. The van der Waals surface area contributed by atoms with Gasteiger partial charge in [-0.25, -0.2) is 4.39 Å². The second-order valence-corrected chi connectivity index (χ2v) is 9.47. The van der Waals surface area contributed by atoms with Crippen molar-refractivity contribution in [3.63, 3.8) is 0 Å². The van der Waals surface area contributed by atoms with Crippen LogP contribution in [0.5, 0.6) is 5.75 Å². The Hall–Kier alpha value is -3.20. The molecule has 35 heavy (non-hydrogen) atoms. The van der Waals surface area contributed by atoms with Crippen molar-refractivity contribution in [2.45, 2.75) is 32.7 Å². The number of benzene rings is 2. The quantitative estimate of drug-likeness (QED) is 0.478. The smallest absolute Gasteiger partial charge is 0.252 e. The Morgan fingerprint density at radius 1 is 1.14 bits per heavy atom. The maximum absolute atomic E-state index is 13.2. The third-order valence-electron chi connectivity index (χ3n) is 5.98. The van der Waals surface area contributed by atoms with Crippen LogP contribution in [0.4, 0.5) is 10.1 Å². The van der Waals surface area contributed by atoms with E-state index in [1.165, 1.54) is 12.1 Å². The molecule has 7 nitrogen and oxygen atoms in total. The van der Waals surface area contributed by atoms with Crippen molar-refractivity contribution in [1.82, 2.24) is 15.5 Å². The number of thiocarbonyl (C=S) groups is 1. The van der Waals surface area contributed by atoms with Crippen molar-refractivity contribution in [3.8, 4) is 5.75 Å². The lowest BCUT2D eigenvalue weighted by Gasteiger charge is -2.37. The minimum atomic E-state index is -0.659. The van der Waals surface area contributed by atoms with Crippen molar-refractivity contribution >= 4 is 34.8 Å². The van der Waals surface area contributed by atoms with Crippen LogP contribution in [0.3, 0.4) is 0 Å². The van der Waals surface area contributed by atoms with Crippen LogP contribution in [-0.4, -0.2) is 54.6 Å². The Morgan fingerprint density at radius 2 is 1.83 bits per heavy atom. The van der Waals surface area contributed by atoms with Gasteiger partial charge in [0.2, 0.25) is 5.91 Å². The monoisotopic (exact) mass is 500 g/mol. The topological polar surface area (TPSA) is 82.7 Å². The molecule has 2 aromatic rings. The van der Waals surface area contributed by atoms with Gasteiger partial charge < -0.3 is 25.6 Å². The molecule has 2 aromatic carbocycles. The fourth-order valence-corrected chi connectivity index (χ4v) is 4.27. The predicted molar refractivity (Wildman–Crippen MR) is 139 cm³/mol. The summed E-state index contributed by atoms with van der Waals surface area (Å²) < 4.78 is 18.4. The van der Waals surface area contributed by atoms with Crippen molar-refractivity contribution in [2.75, 3.05) is 32.1 Å². The number of carbonyl (C=O) groups excluding carboxylic acids is 2. The fraction of sp³-hybridized carbons (Fsp3) is 0.423. The van der Waals surface area contributed by atoms with Crippen LogP contribution in [0.25, 0.3) is 0 Å². The lowest BCUT2D eigenvalue weighted by atomic mass is 9.88. The van der Waals surface area contributed by atoms with Gasteiger partial charge in [0.25, 0.3) is 5.91 Å². The zero-order chi connectivity index (χ0) is 25.4. The average molecular weight is 501 g/mol. The Morgan fingerprint density at radius 3 is 2.46 bits per heavy atom. The summed E-state index contributed by atoms with van der Waals surface area (Å²) in [7, 11) is 1.54. The van der Waals surface area contributed by atoms with Gasteiger partial charge in [-0.3, -0.25) is 9.59 Å². The summed E-state index contributed by atoms with van der Waals surface area (Å²) in [6.07, 6.45) is 1.37. The molecule has 1 unspecified atom stereocenters. The van der Waals surface area contributed by atoms with Gasteiger partial charge in [0.15, 0.2) is 5.11 Å². The number of nitrogens with one attached hydrogen (secondary N) is 3. The van der Waals surface area contributed by atoms with Crippen LogP contribution in [0.15, 0.2) is 48.5 Å². The lowest BCUT2D eigenvalue weighted by molar-refractivity contribution is -0.124. The summed E-state index contributed by atoms with van der Waals surface area (Å²) in [5, 5.41) is 9.61.